The maximum absolute atomic E-state index is 2.82. The summed E-state index contributed by atoms with van der Waals surface area (Å²) in [6.07, 6.45) is 4.61. The van der Waals surface area contributed by atoms with Crippen LogP contribution in [0.15, 0.2) is 66.7 Å². The van der Waals surface area contributed by atoms with E-state index in [0.29, 0.717) is 5.92 Å². The average Bonchev–Trinajstić information content (AvgIpc) is 2.82. The molecule has 0 saturated carbocycles. The molecule has 0 aromatic heterocycles. The Morgan fingerprint density at radius 2 is 1.26 bits per heavy atom. The van der Waals surface area contributed by atoms with Crippen molar-refractivity contribution in [2.45, 2.75) is 64.2 Å². The highest BCUT2D eigenvalue weighted by atomic mass is 31.1. The molecule has 3 aromatic rings. The minimum Gasteiger partial charge on any atom is -0.296 e. The van der Waals surface area contributed by atoms with Crippen molar-refractivity contribution < 1.29 is 0 Å². The molecule has 1 saturated heterocycles. The number of piperidine rings is 1. The van der Waals surface area contributed by atoms with Crippen LogP contribution in [-0.4, -0.2) is 29.7 Å². The van der Waals surface area contributed by atoms with E-state index in [9.17, 15) is 0 Å². The number of rotatable bonds is 6. The summed E-state index contributed by atoms with van der Waals surface area (Å²) in [7, 11) is 5.96. The van der Waals surface area contributed by atoms with Crippen molar-refractivity contribution in [1.29, 1.82) is 0 Å². The van der Waals surface area contributed by atoms with Crippen LogP contribution in [0, 0.1) is 5.92 Å². The largest absolute Gasteiger partial charge is 0.296 e. The number of hydrogen-bond donors (Lipinski definition) is 0. The van der Waals surface area contributed by atoms with Gasteiger partial charge in [0.25, 0.3) is 0 Å². The standard InChI is InChI=1S/C31H41NP2/c1-30(2)19-24(20-31(3,4)32(30)5)15-23-16-27(25-9-7-22(21-33)8-10-25)18-28(17-23)26-11-13-29(34-6)14-12-26/h7-14,16-18,24,34H,15,19-21,33H2,1-6H3. The van der Waals surface area contributed by atoms with Crippen LogP contribution in [0.1, 0.15) is 51.7 Å². The molecule has 4 rings (SSSR count). The van der Waals surface area contributed by atoms with Crippen LogP contribution in [0.25, 0.3) is 22.3 Å². The first-order valence-electron chi connectivity index (χ1n) is 12.6. The van der Waals surface area contributed by atoms with Gasteiger partial charge in [-0.1, -0.05) is 69.2 Å². The SMILES string of the molecule is CPc1ccc(-c2cc(CC3CC(C)(C)N(C)C(C)(C)C3)cc(-c3ccc(CP)cc3)c2)cc1. The van der Waals surface area contributed by atoms with Crippen molar-refractivity contribution in [3.05, 3.63) is 77.9 Å². The van der Waals surface area contributed by atoms with Crippen molar-refractivity contribution in [2.24, 2.45) is 5.92 Å². The lowest BCUT2D eigenvalue weighted by Gasteiger charge is -2.54. The van der Waals surface area contributed by atoms with Gasteiger partial charge in [-0.25, -0.2) is 0 Å². The maximum atomic E-state index is 2.82. The molecular weight excluding hydrogens is 448 g/mol. The van der Waals surface area contributed by atoms with Gasteiger partial charge in [0.1, 0.15) is 0 Å². The van der Waals surface area contributed by atoms with Gasteiger partial charge in [-0.05, 0) is 118 Å². The van der Waals surface area contributed by atoms with Gasteiger partial charge >= 0.3 is 0 Å². The van der Waals surface area contributed by atoms with Crippen molar-refractivity contribution in [1.82, 2.24) is 4.90 Å². The summed E-state index contributed by atoms with van der Waals surface area (Å²) < 4.78 is 0. The summed E-state index contributed by atoms with van der Waals surface area (Å²) >= 11 is 0. The predicted octanol–water partition coefficient (Wildman–Crippen LogP) is 7.77. The van der Waals surface area contributed by atoms with Crippen molar-refractivity contribution >= 4 is 23.1 Å². The van der Waals surface area contributed by atoms with Crippen molar-refractivity contribution in [3.63, 3.8) is 0 Å². The summed E-state index contributed by atoms with van der Waals surface area (Å²) in [5.41, 5.74) is 8.55. The topological polar surface area (TPSA) is 3.24 Å². The Kier molecular flexibility index (Phi) is 7.69. The Morgan fingerprint density at radius 1 is 0.765 bits per heavy atom. The molecule has 2 unspecified atom stereocenters. The summed E-state index contributed by atoms with van der Waals surface area (Å²) in [5, 5.41) is 1.42. The molecule has 0 spiro atoms. The molecule has 0 bridgehead atoms. The van der Waals surface area contributed by atoms with Gasteiger partial charge in [0.2, 0.25) is 0 Å². The molecule has 1 heterocycles. The molecule has 0 radical (unpaired) electrons. The Balaban J connectivity index is 1.72. The van der Waals surface area contributed by atoms with E-state index in [-0.39, 0.29) is 11.1 Å². The summed E-state index contributed by atoms with van der Waals surface area (Å²) in [5.74, 6) is 0.687. The van der Waals surface area contributed by atoms with Gasteiger partial charge in [-0.3, -0.25) is 4.90 Å². The number of nitrogens with zero attached hydrogens (tertiary/aromatic N) is 1. The highest BCUT2D eigenvalue weighted by Crippen LogP contribution is 2.42. The van der Waals surface area contributed by atoms with Gasteiger partial charge in [0, 0.05) is 11.1 Å². The fourth-order valence-electron chi connectivity index (χ4n) is 5.86. The maximum Gasteiger partial charge on any atom is 0.0158 e. The quantitative estimate of drug-likeness (QED) is 0.320. The average molecular weight is 490 g/mol. The van der Waals surface area contributed by atoms with Crippen molar-refractivity contribution in [2.75, 3.05) is 13.7 Å². The van der Waals surface area contributed by atoms with Crippen LogP contribution < -0.4 is 5.30 Å². The van der Waals surface area contributed by atoms with Crippen LogP contribution in [0.3, 0.4) is 0 Å². The zero-order valence-electron chi connectivity index (χ0n) is 21.8. The highest BCUT2D eigenvalue weighted by Gasteiger charge is 2.42. The summed E-state index contributed by atoms with van der Waals surface area (Å²) in [4.78, 5) is 2.59. The van der Waals surface area contributed by atoms with Crippen LogP contribution in [-0.2, 0) is 12.6 Å². The van der Waals surface area contributed by atoms with Gasteiger partial charge in [0.15, 0.2) is 0 Å². The van der Waals surface area contributed by atoms with Crippen molar-refractivity contribution in [3.8, 4) is 22.3 Å². The molecule has 3 heteroatoms. The molecule has 0 amide bonds. The van der Waals surface area contributed by atoms with Gasteiger partial charge in [-0.15, -0.1) is 9.24 Å². The zero-order chi connectivity index (χ0) is 24.5. The molecule has 1 nitrogen and oxygen atoms in total. The van der Waals surface area contributed by atoms with E-state index >= 15 is 0 Å². The molecule has 180 valence electrons. The highest BCUT2D eigenvalue weighted by molar-refractivity contribution is 7.46. The molecule has 0 N–H and O–H groups in total. The molecule has 1 aliphatic heterocycles. The summed E-state index contributed by atoms with van der Waals surface area (Å²) in [6, 6.07) is 25.5. The first-order chi connectivity index (χ1) is 16.1. The minimum absolute atomic E-state index is 0.220. The smallest absolute Gasteiger partial charge is 0.0158 e. The van der Waals surface area contributed by atoms with Crippen LogP contribution in [0.4, 0.5) is 0 Å². The molecule has 3 aromatic carbocycles. The normalized spacial score (nSPS) is 18.6. The molecule has 1 fully saturated rings. The van der Waals surface area contributed by atoms with Gasteiger partial charge in [-0.2, -0.15) is 0 Å². The Morgan fingerprint density at radius 3 is 1.74 bits per heavy atom. The fraction of sp³-hybridized carbons (Fsp3) is 0.419. The number of likely N-dealkylation sites (tertiary alicyclic amines) is 1. The second-order valence-corrected chi connectivity index (χ2v) is 12.8. The minimum atomic E-state index is 0.220. The third-order valence-electron chi connectivity index (χ3n) is 7.94. The van der Waals surface area contributed by atoms with E-state index < -0.39 is 0 Å². The van der Waals surface area contributed by atoms with E-state index in [4.69, 9.17) is 0 Å². The van der Waals surface area contributed by atoms with E-state index in [1.54, 1.807) is 0 Å². The van der Waals surface area contributed by atoms with Gasteiger partial charge < -0.3 is 0 Å². The van der Waals surface area contributed by atoms with Gasteiger partial charge in [0.05, 0.1) is 0 Å². The second-order valence-electron chi connectivity index (χ2n) is 11.3. The monoisotopic (exact) mass is 489 g/mol. The number of hydrogen-bond acceptors (Lipinski definition) is 1. The predicted molar refractivity (Wildman–Crippen MR) is 157 cm³/mol. The lowest BCUT2D eigenvalue weighted by Crippen LogP contribution is -2.58. The fourth-order valence-corrected chi connectivity index (χ4v) is 6.63. The lowest BCUT2D eigenvalue weighted by atomic mass is 9.72. The Hall–Kier alpha value is -1.52. The number of benzene rings is 3. The molecule has 1 aliphatic rings. The molecular formula is C31H41NP2. The van der Waals surface area contributed by atoms with E-state index in [1.807, 2.05) is 0 Å². The molecule has 0 aliphatic carbocycles. The molecule has 34 heavy (non-hydrogen) atoms. The third kappa shape index (κ3) is 5.65. The van der Waals surface area contributed by atoms with E-state index in [2.05, 4.69) is 122 Å². The first-order valence-corrected chi connectivity index (χ1v) is 14.9. The van der Waals surface area contributed by atoms with Crippen LogP contribution in [0.5, 0.6) is 0 Å². The first kappa shape index (κ1) is 25.6. The summed E-state index contributed by atoms with van der Waals surface area (Å²) in [6.45, 7) is 11.9. The van der Waals surface area contributed by atoms with Crippen LogP contribution >= 0.6 is 17.8 Å². The lowest BCUT2D eigenvalue weighted by molar-refractivity contribution is -0.0296. The Labute approximate surface area is 211 Å². The molecule has 2 atom stereocenters. The van der Waals surface area contributed by atoms with E-state index in [0.717, 1.165) is 21.2 Å². The third-order valence-corrected chi connectivity index (χ3v) is 9.32. The van der Waals surface area contributed by atoms with E-state index in [1.165, 1.54) is 51.5 Å². The zero-order valence-corrected chi connectivity index (χ0v) is 23.9. The van der Waals surface area contributed by atoms with Crippen LogP contribution in [0.2, 0.25) is 0 Å². The Bertz CT molecular complexity index is 1030. The second kappa shape index (κ2) is 10.2.